The molecule has 0 aliphatic rings. The van der Waals surface area contributed by atoms with Crippen molar-refractivity contribution in [3.63, 3.8) is 0 Å². The van der Waals surface area contributed by atoms with Crippen molar-refractivity contribution in [3.05, 3.63) is 144 Å². The number of halogens is 2. The fourth-order valence-corrected chi connectivity index (χ4v) is 6.66. The number of ether oxygens (including phenoxy) is 2. The van der Waals surface area contributed by atoms with Gasteiger partial charge in [-0.25, -0.2) is 13.9 Å². The lowest BCUT2D eigenvalue weighted by Gasteiger charge is -2.20. The molecular formula is C35H38Cl2O11P2. The first-order valence-corrected chi connectivity index (χ1v) is 19.4. The summed E-state index contributed by atoms with van der Waals surface area (Å²) in [4.78, 5) is 12.3. The molecule has 0 fully saturated rings. The third-order valence-corrected chi connectivity index (χ3v) is 9.96. The first-order valence-electron chi connectivity index (χ1n) is 15.6. The maximum Gasteiger partial charge on any atom is 0.511 e. The van der Waals surface area contributed by atoms with Gasteiger partial charge in [-0.1, -0.05) is 145 Å². The summed E-state index contributed by atoms with van der Waals surface area (Å²) in [6.07, 6.45) is -1.33. The molecule has 0 bridgehead atoms. The van der Waals surface area contributed by atoms with Gasteiger partial charge in [-0.2, -0.15) is 0 Å². The van der Waals surface area contributed by atoms with Gasteiger partial charge in [-0.05, 0) is 22.3 Å². The fourth-order valence-electron chi connectivity index (χ4n) is 4.00. The highest BCUT2D eigenvalue weighted by molar-refractivity contribution is 7.48. The van der Waals surface area contributed by atoms with Crippen LogP contribution in [0.5, 0.6) is 0 Å². The average molecular weight is 768 g/mol. The molecule has 0 aromatic heterocycles. The molecule has 0 heterocycles. The van der Waals surface area contributed by atoms with Crippen molar-refractivity contribution in [2.45, 2.75) is 50.4 Å². The number of hydrogen-bond donors (Lipinski definition) is 0. The van der Waals surface area contributed by atoms with Crippen LogP contribution in [0.15, 0.2) is 121 Å². The summed E-state index contributed by atoms with van der Waals surface area (Å²) in [6.45, 7) is -0.546. The van der Waals surface area contributed by atoms with Gasteiger partial charge in [-0.15, -0.1) is 0 Å². The highest BCUT2D eigenvalue weighted by Gasteiger charge is 2.29. The maximum atomic E-state index is 13.4. The smallest absolute Gasteiger partial charge is 0.414 e. The van der Waals surface area contributed by atoms with E-state index in [1.54, 1.807) is 0 Å². The fraction of sp³-hybridized carbons (Fsp3) is 0.286. The van der Waals surface area contributed by atoms with Crippen LogP contribution in [0.1, 0.15) is 35.1 Å². The Morgan fingerprint density at radius 2 is 0.720 bits per heavy atom. The van der Waals surface area contributed by atoms with Gasteiger partial charge in [-0.3, -0.25) is 27.1 Å². The van der Waals surface area contributed by atoms with Gasteiger partial charge >= 0.3 is 21.8 Å². The number of phosphoric ester groups is 2. The SMILES string of the molecule is O=C(OC(Cl)CCOP(=O)(OCc1ccccc1)OCc1ccccc1)OC(Cl)CCOP(=O)(OCc1ccccc1)OCc1ccccc1. The van der Waals surface area contributed by atoms with E-state index in [2.05, 4.69) is 0 Å². The second-order valence-corrected chi connectivity index (χ2v) is 14.8. The van der Waals surface area contributed by atoms with Crippen molar-refractivity contribution in [2.24, 2.45) is 0 Å². The predicted molar refractivity (Wildman–Crippen MR) is 188 cm³/mol. The van der Waals surface area contributed by atoms with Crippen LogP contribution in [0.25, 0.3) is 0 Å². The average Bonchev–Trinajstić information content (AvgIpc) is 3.13. The monoisotopic (exact) mass is 766 g/mol. The lowest BCUT2D eigenvalue weighted by Crippen LogP contribution is -2.20. The minimum Gasteiger partial charge on any atom is -0.414 e. The molecule has 0 radical (unpaired) electrons. The van der Waals surface area contributed by atoms with Gasteiger partial charge in [0.05, 0.1) is 39.6 Å². The van der Waals surface area contributed by atoms with E-state index in [0.29, 0.717) is 0 Å². The molecule has 0 aliphatic carbocycles. The first-order chi connectivity index (χ1) is 24.2. The van der Waals surface area contributed by atoms with Gasteiger partial charge in [0.15, 0.2) is 11.1 Å². The Balaban J connectivity index is 1.20. The molecule has 0 saturated carbocycles. The van der Waals surface area contributed by atoms with Crippen molar-refractivity contribution >= 4 is 45.0 Å². The highest BCUT2D eigenvalue weighted by atomic mass is 35.5. The number of hydrogen-bond acceptors (Lipinski definition) is 11. The molecule has 268 valence electrons. The van der Waals surface area contributed by atoms with E-state index in [0.717, 1.165) is 22.3 Å². The Morgan fingerprint density at radius 1 is 0.460 bits per heavy atom. The molecule has 11 nitrogen and oxygen atoms in total. The number of carbonyl (C=O) groups is 1. The van der Waals surface area contributed by atoms with Crippen molar-refractivity contribution < 1.29 is 50.5 Å². The van der Waals surface area contributed by atoms with Crippen LogP contribution in [0, 0.1) is 0 Å². The molecule has 4 rings (SSSR count). The zero-order valence-corrected chi connectivity index (χ0v) is 30.3. The molecule has 0 spiro atoms. The maximum absolute atomic E-state index is 13.4. The van der Waals surface area contributed by atoms with Crippen LogP contribution in [0.2, 0.25) is 0 Å². The molecule has 2 unspecified atom stereocenters. The Labute approximate surface area is 301 Å². The number of rotatable bonds is 22. The summed E-state index contributed by atoms with van der Waals surface area (Å²) in [5, 5.41) is 0. The van der Waals surface area contributed by atoms with Gasteiger partial charge in [0.25, 0.3) is 0 Å². The quantitative estimate of drug-likeness (QED) is 0.0431. The number of alkyl halides is 2. The first kappa shape index (κ1) is 39.7. The largest absolute Gasteiger partial charge is 0.511 e. The van der Waals surface area contributed by atoms with Crippen LogP contribution >= 0.6 is 38.8 Å². The van der Waals surface area contributed by atoms with Crippen LogP contribution in [-0.4, -0.2) is 30.5 Å². The lowest BCUT2D eigenvalue weighted by atomic mass is 10.2. The van der Waals surface area contributed by atoms with E-state index in [9.17, 15) is 13.9 Å². The van der Waals surface area contributed by atoms with Crippen LogP contribution < -0.4 is 0 Å². The van der Waals surface area contributed by atoms with Crippen LogP contribution in [0.3, 0.4) is 0 Å². The van der Waals surface area contributed by atoms with Gasteiger partial charge in [0.2, 0.25) is 0 Å². The molecule has 0 saturated heterocycles. The molecule has 2 atom stereocenters. The van der Waals surface area contributed by atoms with Crippen molar-refractivity contribution in [1.29, 1.82) is 0 Å². The third kappa shape index (κ3) is 15.5. The number of phosphoric acid groups is 2. The van der Waals surface area contributed by atoms with Gasteiger partial charge in [0.1, 0.15) is 0 Å². The molecular weight excluding hydrogens is 729 g/mol. The second-order valence-electron chi connectivity index (χ2n) is 10.5. The zero-order valence-electron chi connectivity index (χ0n) is 27.0. The van der Waals surface area contributed by atoms with Crippen molar-refractivity contribution in [2.75, 3.05) is 13.2 Å². The van der Waals surface area contributed by atoms with E-state index in [1.165, 1.54) is 0 Å². The van der Waals surface area contributed by atoms with E-state index >= 15 is 0 Å². The molecule has 0 aliphatic heterocycles. The van der Waals surface area contributed by atoms with E-state index in [-0.39, 0.29) is 52.5 Å². The summed E-state index contributed by atoms with van der Waals surface area (Å²) >= 11 is 12.3. The van der Waals surface area contributed by atoms with E-state index < -0.39 is 32.9 Å². The number of benzene rings is 4. The minimum atomic E-state index is -4.04. The normalized spacial score (nSPS) is 13.0. The predicted octanol–water partition coefficient (Wildman–Crippen LogP) is 10.2. The summed E-state index contributed by atoms with van der Waals surface area (Å²) in [5.41, 5.74) is 0.622. The van der Waals surface area contributed by atoms with Crippen molar-refractivity contribution in [1.82, 2.24) is 0 Å². The number of carbonyl (C=O) groups excluding carboxylic acids is 1. The molecule has 0 amide bonds. The molecule has 50 heavy (non-hydrogen) atoms. The second kappa shape index (κ2) is 21.3. The third-order valence-electron chi connectivity index (χ3n) is 6.57. The summed E-state index contributed by atoms with van der Waals surface area (Å²) in [6, 6.07) is 36.5. The molecule has 15 heteroatoms. The Bertz CT molecular complexity index is 1420. The summed E-state index contributed by atoms with van der Waals surface area (Å²) < 4.78 is 70.1. The standard InChI is InChI=1S/C35H38Cl2O11P2/c36-33(21-23-41-49(39,43-25-29-13-5-1-6-14-29)44-26-30-15-7-2-8-16-30)47-35(38)48-34(37)22-24-42-50(40,45-27-31-17-9-3-10-18-31)46-28-32-19-11-4-12-20-32/h1-20,33-34H,21-28H2. The van der Waals surface area contributed by atoms with E-state index in [4.69, 9.17) is 59.8 Å². The highest BCUT2D eigenvalue weighted by Crippen LogP contribution is 2.52. The summed E-state index contributed by atoms with van der Waals surface area (Å²) in [5.74, 6) is 0. The molecule has 4 aromatic carbocycles. The van der Waals surface area contributed by atoms with Gasteiger partial charge < -0.3 is 9.47 Å². The van der Waals surface area contributed by atoms with E-state index in [1.807, 2.05) is 121 Å². The molecule has 0 N–H and O–H groups in total. The zero-order chi connectivity index (χ0) is 35.5. The Morgan fingerprint density at radius 3 is 0.980 bits per heavy atom. The van der Waals surface area contributed by atoms with Gasteiger partial charge in [0, 0.05) is 12.8 Å². The Hall–Kier alpha value is -3.05. The van der Waals surface area contributed by atoms with Crippen LogP contribution in [0.4, 0.5) is 4.79 Å². The Kier molecular flexibility index (Phi) is 17.0. The minimum absolute atomic E-state index is 0.0192. The van der Waals surface area contributed by atoms with Crippen LogP contribution in [-0.2, 0) is 72.2 Å². The molecule has 4 aromatic rings. The topological polar surface area (TPSA) is 125 Å². The summed E-state index contributed by atoms with van der Waals surface area (Å²) in [7, 11) is -8.09. The lowest BCUT2D eigenvalue weighted by molar-refractivity contribution is 0.0242. The van der Waals surface area contributed by atoms with Crippen molar-refractivity contribution in [3.8, 4) is 0 Å².